The summed E-state index contributed by atoms with van der Waals surface area (Å²) >= 11 is 0. The van der Waals surface area contributed by atoms with E-state index in [2.05, 4.69) is 0 Å². The largest absolute Gasteiger partial charge is 0.507 e. The van der Waals surface area contributed by atoms with Crippen LogP contribution in [0.3, 0.4) is 0 Å². The van der Waals surface area contributed by atoms with E-state index in [4.69, 9.17) is 14.2 Å². The Morgan fingerprint density at radius 1 is 1.08 bits per heavy atom. The molecule has 2 aromatic carbocycles. The number of carbonyl (C=O) groups excluding carboxylic acids is 2. The van der Waals surface area contributed by atoms with Crippen LogP contribution < -0.4 is 4.74 Å². The van der Waals surface area contributed by atoms with Crippen molar-refractivity contribution in [2.45, 2.75) is 10.9 Å². The van der Waals surface area contributed by atoms with Crippen molar-refractivity contribution in [3.63, 3.8) is 0 Å². The van der Waals surface area contributed by atoms with Crippen molar-refractivity contribution in [2.24, 2.45) is 0 Å². The van der Waals surface area contributed by atoms with Crippen molar-refractivity contribution in [1.29, 1.82) is 0 Å². The topological polar surface area (TPSA) is 143 Å². The molecule has 0 aliphatic carbocycles. The summed E-state index contributed by atoms with van der Waals surface area (Å²) in [4.78, 5) is 27.3. The molecule has 1 amide bonds. The zero-order chi connectivity index (χ0) is 26.7. The monoisotopic (exact) mass is 532 g/mol. The van der Waals surface area contributed by atoms with Crippen molar-refractivity contribution in [3.05, 3.63) is 59.2 Å². The summed E-state index contributed by atoms with van der Waals surface area (Å²) in [5, 5.41) is 21.2. The highest BCUT2D eigenvalue weighted by molar-refractivity contribution is 7.89. The molecule has 0 spiro atoms. The summed E-state index contributed by atoms with van der Waals surface area (Å²) < 4.78 is 42.7. The number of phenols is 1. The fraction of sp³-hybridized carbons (Fsp3) is 0.360. The molecule has 0 radical (unpaired) electrons. The number of sulfonamides is 1. The third kappa shape index (κ3) is 5.05. The van der Waals surface area contributed by atoms with Gasteiger partial charge in [0, 0.05) is 32.3 Å². The first kappa shape index (κ1) is 26.6. The molecule has 0 unspecified atom stereocenters. The van der Waals surface area contributed by atoms with Crippen LogP contribution in [0, 0.1) is 0 Å². The third-order valence-electron chi connectivity index (χ3n) is 6.33. The van der Waals surface area contributed by atoms with E-state index in [0.717, 1.165) is 0 Å². The highest BCUT2D eigenvalue weighted by Crippen LogP contribution is 2.41. The molecule has 0 bridgehead atoms. The molecule has 2 aromatic rings. The molecule has 2 aliphatic heterocycles. The SMILES string of the molecule is COCCN1C(=O)C(=O)/C(=C(/O)c2ccc(S(=O)(=O)N3CCOCC3)cc2)[C@H]1c1ccc(O)c(OC)c1. The van der Waals surface area contributed by atoms with Crippen LogP contribution in [0.4, 0.5) is 0 Å². The fourth-order valence-corrected chi connectivity index (χ4v) is 5.80. The number of likely N-dealkylation sites (tertiary alicyclic amines) is 1. The number of aromatic hydroxyl groups is 1. The van der Waals surface area contributed by atoms with E-state index in [9.17, 15) is 28.2 Å². The second kappa shape index (κ2) is 10.9. The number of amides is 1. The predicted octanol–water partition coefficient (Wildman–Crippen LogP) is 1.49. The molecule has 37 heavy (non-hydrogen) atoms. The maximum Gasteiger partial charge on any atom is 0.295 e. The van der Waals surface area contributed by atoms with Gasteiger partial charge in [-0.15, -0.1) is 0 Å². The number of nitrogens with zero attached hydrogens (tertiary/aromatic N) is 2. The molecule has 2 saturated heterocycles. The lowest BCUT2D eigenvalue weighted by molar-refractivity contribution is -0.140. The van der Waals surface area contributed by atoms with Gasteiger partial charge in [0.25, 0.3) is 11.7 Å². The molecule has 2 heterocycles. The number of phenolic OH excluding ortho intramolecular Hbond substituents is 1. The van der Waals surface area contributed by atoms with E-state index in [1.165, 1.54) is 65.9 Å². The Balaban J connectivity index is 1.76. The number of hydrogen-bond donors (Lipinski definition) is 2. The number of ketones is 1. The van der Waals surface area contributed by atoms with Gasteiger partial charge in [-0.25, -0.2) is 8.42 Å². The van der Waals surface area contributed by atoms with Crippen LogP contribution in [0.2, 0.25) is 0 Å². The molecular formula is C25H28N2O9S. The number of aliphatic hydroxyl groups excluding tert-OH is 1. The van der Waals surface area contributed by atoms with E-state index in [0.29, 0.717) is 18.8 Å². The summed E-state index contributed by atoms with van der Waals surface area (Å²) in [6, 6.07) is 8.87. The lowest BCUT2D eigenvalue weighted by Crippen LogP contribution is -2.40. The minimum atomic E-state index is -3.75. The van der Waals surface area contributed by atoms with Gasteiger partial charge in [0.2, 0.25) is 10.0 Å². The van der Waals surface area contributed by atoms with Crippen LogP contribution in [-0.2, 0) is 29.1 Å². The van der Waals surface area contributed by atoms with Crippen molar-refractivity contribution in [1.82, 2.24) is 9.21 Å². The first-order valence-electron chi connectivity index (χ1n) is 11.5. The van der Waals surface area contributed by atoms with Crippen molar-refractivity contribution >= 4 is 27.5 Å². The van der Waals surface area contributed by atoms with Gasteiger partial charge in [-0.1, -0.05) is 6.07 Å². The Labute approximate surface area is 214 Å². The number of hydrogen-bond acceptors (Lipinski definition) is 9. The number of ether oxygens (including phenoxy) is 3. The van der Waals surface area contributed by atoms with Crippen LogP contribution in [0.15, 0.2) is 52.9 Å². The first-order chi connectivity index (χ1) is 17.7. The Hall–Kier alpha value is -3.45. The predicted molar refractivity (Wildman–Crippen MR) is 132 cm³/mol. The second-order valence-corrected chi connectivity index (χ2v) is 10.4. The molecule has 0 aromatic heterocycles. The molecule has 4 rings (SSSR count). The standard InChI is InChI=1S/C25H28N2O9S/c1-34-12-11-27-22(17-5-8-19(28)20(15-17)35-2)21(24(30)25(27)31)23(29)16-3-6-18(7-4-16)37(32,33)26-9-13-36-14-10-26/h3-8,15,22,28-29H,9-14H2,1-2H3/b23-21+/t22-/m1/s1. The van der Waals surface area contributed by atoms with Crippen LogP contribution in [0.1, 0.15) is 17.2 Å². The molecule has 2 aliphatic rings. The summed E-state index contributed by atoms with van der Waals surface area (Å²) in [6.07, 6.45) is 0. The quantitative estimate of drug-likeness (QED) is 0.294. The minimum absolute atomic E-state index is 0.0336. The number of carbonyl (C=O) groups is 2. The molecule has 1 atom stereocenters. The van der Waals surface area contributed by atoms with Crippen LogP contribution in [-0.4, -0.2) is 93.2 Å². The highest BCUT2D eigenvalue weighted by atomic mass is 32.2. The molecule has 12 heteroatoms. The van der Waals surface area contributed by atoms with Crippen molar-refractivity contribution in [3.8, 4) is 11.5 Å². The normalized spacial score (nSPS) is 20.4. The number of morpholine rings is 1. The zero-order valence-electron chi connectivity index (χ0n) is 20.4. The molecule has 0 saturated carbocycles. The summed E-state index contributed by atoms with van der Waals surface area (Å²) in [5.74, 6) is -2.16. The lowest BCUT2D eigenvalue weighted by Gasteiger charge is -2.26. The first-order valence-corrected chi connectivity index (χ1v) is 13.0. The minimum Gasteiger partial charge on any atom is -0.507 e. The van der Waals surface area contributed by atoms with E-state index in [-0.39, 0.29) is 53.8 Å². The number of rotatable bonds is 8. The maximum atomic E-state index is 13.1. The maximum absolute atomic E-state index is 13.1. The fourth-order valence-electron chi connectivity index (χ4n) is 4.39. The van der Waals surface area contributed by atoms with E-state index < -0.39 is 33.5 Å². The summed E-state index contributed by atoms with van der Waals surface area (Å²) in [6.45, 7) is 1.32. The average Bonchev–Trinajstić information content (AvgIpc) is 3.17. The van der Waals surface area contributed by atoms with Gasteiger partial charge >= 0.3 is 0 Å². The molecule has 198 valence electrons. The Morgan fingerprint density at radius 3 is 2.38 bits per heavy atom. The molecule has 2 N–H and O–H groups in total. The van der Waals surface area contributed by atoms with Crippen LogP contribution in [0.25, 0.3) is 5.76 Å². The molecule has 11 nitrogen and oxygen atoms in total. The Morgan fingerprint density at radius 2 is 1.76 bits per heavy atom. The highest BCUT2D eigenvalue weighted by Gasteiger charge is 2.46. The molecule has 2 fully saturated rings. The summed E-state index contributed by atoms with van der Waals surface area (Å²) in [7, 11) is -0.924. The van der Waals surface area contributed by atoms with Gasteiger partial charge in [-0.2, -0.15) is 4.31 Å². The lowest BCUT2D eigenvalue weighted by atomic mass is 9.95. The van der Waals surface area contributed by atoms with E-state index in [1.807, 2.05) is 0 Å². The number of aliphatic hydroxyl groups is 1. The second-order valence-electron chi connectivity index (χ2n) is 8.46. The van der Waals surface area contributed by atoms with Crippen molar-refractivity contribution in [2.75, 3.05) is 53.7 Å². The van der Waals surface area contributed by atoms with Gasteiger partial charge in [0.05, 0.1) is 43.4 Å². The Bertz CT molecular complexity index is 1320. The van der Waals surface area contributed by atoms with Gasteiger partial charge in [0.1, 0.15) is 5.76 Å². The van der Waals surface area contributed by atoms with Crippen molar-refractivity contribution < 1.29 is 42.4 Å². The number of benzene rings is 2. The number of methoxy groups -OCH3 is 2. The van der Waals surface area contributed by atoms with Crippen LogP contribution in [0.5, 0.6) is 11.5 Å². The van der Waals surface area contributed by atoms with Gasteiger partial charge in [-0.3, -0.25) is 9.59 Å². The van der Waals surface area contributed by atoms with Gasteiger partial charge in [-0.05, 0) is 42.0 Å². The molecular weight excluding hydrogens is 504 g/mol. The van der Waals surface area contributed by atoms with Crippen LogP contribution >= 0.6 is 0 Å². The smallest absolute Gasteiger partial charge is 0.295 e. The Kier molecular flexibility index (Phi) is 7.83. The summed E-state index contributed by atoms with van der Waals surface area (Å²) in [5.41, 5.74) is 0.428. The van der Waals surface area contributed by atoms with Gasteiger partial charge < -0.3 is 29.3 Å². The van der Waals surface area contributed by atoms with E-state index >= 15 is 0 Å². The van der Waals surface area contributed by atoms with Gasteiger partial charge in [0.15, 0.2) is 11.5 Å². The van der Waals surface area contributed by atoms with E-state index in [1.54, 1.807) is 0 Å². The number of Topliss-reactive ketones (excluding diaryl/α,β-unsaturated/α-hetero) is 1. The zero-order valence-corrected chi connectivity index (χ0v) is 21.2. The third-order valence-corrected chi connectivity index (χ3v) is 8.24. The average molecular weight is 533 g/mol.